The minimum atomic E-state index is -0.408. The topological polar surface area (TPSA) is 75.6 Å². The smallest absolute Gasteiger partial charge is 0.275 e. The second-order valence-corrected chi connectivity index (χ2v) is 5.75. The molecule has 124 valence electrons. The van der Waals surface area contributed by atoms with Crippen LogP contribution >= 0.6 is 11.6 Å². The van der Waals surface area contributed by atoms with Crippen molar-refractivity contribution in [2.45, 2.75) is 20.4 Å². The number of carbonyl (C=O) groups excluding carboxylic acids is 1. The zero-order valence-electron chi connectivity index (χ0n) is 13.1. The Hall–Kier alpha value is -2.67. The van der Waals surface area contributed by atoms with Crippen molar-refractivity contribution >= 4 is 23.2 Å². The molecule has 0 aliphatic rings. The van der Waals surface area contributed by atoms with Gasteiger partial charge in [0.2, 0.25) is 0 Å². The molecule has 0 bridgehead atoms. The number of hydrogen-bond donors (Lipinski definition) is 2. The largest absolute Gasteiger partial charge is 0.317 e. The first-order chi connectivity index (χ1) is 11.5. The average Bonchev–Trinajstić information content (AvgIpc) is 3.08. The van der Waals surface area contributed by atoms with E-state index in [1.54, 1.807) is 29.8 Å². The van der Waals surface area contributed by atoms with Crippen molar-refractivity contribution in [2.24, 2.45) is 0 Å². The summed E-state index contributed by atoms with van der Waals surface area (Å²) in [6, 6.07) is 6.52. The lowest BCUT2D eigenvalue weighted by molar-refractivity contribution is 0.102. The monoisotopic (exact) mass is 347 g/mol. The fraction of sp³-hybridized carbons (Fsp3) is 0.188. The zero-order valence-corrected chi connectivity index (χ0v) is 13.9. The Kier molecular flexibility index (Phi) is 4.35. The van der Waals surface area contributed by atoms with E-state index in [9.17, 15) is 9.18 Å². The summed E-state index contributed by atoms with van der Waals surface area (Å²) in [5.41, 5.74) is 2.63. The summed E-state index contributed by atoms with van der Waals surface area (Å²) in [5, 5.41) is 13.7. The number of aromatic amines is 1. The summed E-state index contributed by atoms with van der Waals surface area (Å²) in [4.78, 5) is 12.3. The average molecular weight is 348 g/mol. The molecular weight excluding hydrogens is 333 g/mol. The predicted octanol–water partition coefficient (Wildman–Crippen LogP) is 3.32. The Morgan fingerprint density at radius 2 is 2.12 bits per heavy atom. The van der Waals surface area contributed by atoms with Gasteiger partial charge in [0.05, 0.1) is 34.8 Å². The molecule has 6 nitrogen and oxygen atoms in total. The lowest BCUT2D eigenvalue weighted by Crippen LogP contribution is -2.14. The minimum absolute atomic E-state index is 0.178. The first-order valence-electron chi connectivity index (χ1n) is 7.25. The van der Waals surface area contributed by atoms with Crippen molar-refractivity contribution < 1.29 is 9.18 Å². The van der Waals surface area contributed by atoms with Gasteiger partial charge in [-0.3, -0.25) is 14.6 Å². The molecule has 0 aliphatic carbocycles. The molecule has 0 atom stereocenters. The summed E-state index contributed by atoms with van der Waals surface area (Å²) in [6.07, 6.45) is 1.36. The van der Waals surface area contributed by atoms with E-state index in [-0.39, 0.29) is 23.1 Å². The molecule has 2 N–H and O–H groups in total. The van der Waals surface area contributed by atoms with Gasteiger partial charge in [0.15, 0.2) is 0 Å². The third kappa shape index (κ3) is 3.03. The molecule has 3 aromatic rings. The number of rotatable bonds is 4. The third-order valence-electron chi connectivity index (χ3n) is 3.72. The van der Waals surface area contributed by atoms with Crippen LogP contribution in [0.2, 0.25) is 5.02 Å². The molecule has 2 aromatic heterocycles. The number of nitrogens with zero attached hydrogens (tertiary/aromatic N) is 3. The van der Waals surface area contributed by atoms with Crippen LogP contribution < -0.4 is 5.32 Å². The van der Waals surface area contributed by atoms with E-state index in [1.165, 1.54) is 12.3 Å². The van der Waals surface area contributed by atoms with E-state index in [0.717, 1.165) is 5.69 Å². The molecule has 0 aliphatic heterocycles. The molecule has 0 radical (unpaired) electrons. The van der Waals surface area contributed by atoms with E-state index in [1.807, 2.05) is 6.92 Å². The third-order valence-corrected chi connectivity index (χ3v) is 4.00. The first kappa shape index (κ1) is 16.2. The van der Waals surface area contributed by atoms with Crippen LogP contribution in [0.3, 0.4) is 0 Å². The van der Waals surface area contributed by atoms with Crippen LogP contribution in [0.4, 0.5) is 10.1 Å². The maximum Gasteiger partial charge on any atom is 0.275 e. The fourth-order valence-corrected chi connectivity index (χ4v) is 2.60. The number of amides is 1. The number of hydrogen-bond acceptors (Lipinski definition) is 3. The van der Waals surface area contributed by atoms with Crippen LogP contribution in [0.5, 0.6) is 0 Å². The van der Waals surface area contributed by atoms with E-state index in [0.29, 0.717) is 16.9 Å². The van der Waals surface area contributed by atoms with E-state index < -0.39 is 5.91 Å². The van der Waals surface area contributed by atoms with Crippen LogP contribution in [0.1, 0.15) is 27.4 Å². The Balaban J connectivity index is 1.86. The minimum Gasteiger partial charge on any atom is -0.317 e. The van der Waals surface area contributed by atoms with E-state index >= 15 is 0 Å². The standard InChI is InChI=1S/C16H15ClFN5O/c1-9-14(20-16(24)15-12(17)7-19-21-15)10(2)23(22-9)8-11-5-3-4-6-13(11)18/h3-7H,8H2,1-2H3,(H,19,21)(H,20,24). The number of aryl methyl sites for hydroxylation is 1. The normalized spacial score (nSPS) is 10.8. The van der Waals surface area contributed by atoms with Gasteiger partial charge >= 0.3 is 0 Å². The summed E-state index contributed by atoms with van der Waals surface area (Å²) >= 11 is 5.89. The van der Waals surface area contributed by atoms with Crippen LogP contribution in [0, 0.1) is 19.7 Å². The van der Waals surface area contributed by atoms with Gasteiger partial charge in [0.1, 0.15) is 11.5 Å². The van der Waals surface area contributed by atoms with Gasteiger partial charge < -0.3 is 5.32 Å². The zero-order chi connectivity index (χ0) is 17.3. The number of nitrogens with one attached hydrogen (secondary N) is 2. The number of anilines is 1. The summed E-state index contributed by atoms with van der Waals surface area (Å²) in [7, 11) is 0. The molecule has 1 aromatic carbocycles. The van der Waals surface area contributed by atoms with Crippen molar-refractivity contribution in [3.05, 3.63) is 63.9 Å². The van der Waals surface area contributed by atoms with Crippen LogP contribution in [-0.2, 0) is 6.54 Å². The fourth-order valence-electron chi connectivity index (χ4n) is 2.43. The number of halogens is 2. The highest BCUT2D eigenvalue weighted by Crippen LogP contribution is 2.22. The molecule has 1 amide bonds. The van der Waals surface area contributed by atoms with Gasteiger partial charge in [-0.25, -0.2) is 4.39 Å². The molecule has 3 rings (SSSR count). The van der Waals surface area contributed by atoms with Crippen molar-refractivity contribution in [2.75, 3.05) is 5.32 Å². The van der Waals surface area contributed by atoms with Crippen molar-refractivity contribution in [1.29, 1.82) is 0 Å². The highest BCUT2D eigenvalue weighted by Gasteiger charge is 2.18. The maximum atomic E-state index is 13.8. The molecule has 0 spiro atoms. The van der Waals surface area contributed by atoms with Crippen LogP contribution in [-0.4, -0.2) is 25.9 Å². The van der Waals surface area contributed by atoms with Gasteiger partial charge in [-0.05, 0) is 19.9 Å². The van der Waals surface area contributed by atoms with Crippen molar-refractivity contribution in [3.8, 4) is 0 Å². The highest BCUT2D eigenvalue weighted by atomic mass is 35.5. The van der Waals surface area contributed by atoms with E-state index in [2.05, 4.69) is 20.6 Å². The Labute approximate surface area is 142 Å². The highest BCUT2D eigenvalue weighted by molar-refractivity contribution is 6.34. The summed E-state index contributed by atoms with van der Waals surface area (Å²) < 4.78 is 15.5. The molecule has 24 heavy (non-hydrogen) atoms. The number of carbonyl (C=O) groups is 1. The SMILES string of the molecule is Cc1nn(Cc2ccccc2F)c(C)c1NC(=O)c1[nH]ncc1Cl. The Morgan fingerprint density at radius 3 is 2.79 bits per heavy atom. The van der Waals surface area contributed by atoms with E-state index in [4.69, 9.17) is 11.6 Å². The van der Waals surface area contributed by atoms with Gasteiger partial charge in [-0.2, -0.15) is 10.2 Å². The summed E-state index contributed by atoms with van der Waals surface area (Å²) in [6.45, 7) is 3.86. The summed E-state index contributed by atoms with van der Waals surface area (Å²) in [5.74, 6) is -0.700. The van der Waals surface area contributed by atoms with Crippen molar-refractivity contribution in [1.82, 2.24) is 20.0 Å². The molecule has 2 heterocycles. The van der Waals surface area contributed by atoms with Gasteiger partial charge in [0, 0.05) is 5.56 Å². The lowest BCUT2D eigenvalue weighted by atomic mass is 10.2. The molecule has 0 fully saturated rings. The lowest BCUT2D eigenvalue weighted by Gasteiger charge is -2.07. The van der Waals surface area contributed by atoms with Gasteiger partial charge in [-0.1, -0.05) is 29.8 Å². The van der Waals surface area contributed by atoms with Gasteiger partial charge in [0.25, 0.3) is 5.91 Å². The van der Waals surface area contributed by atoms with Crippen LogP contribution in [0.15, 0.2) is 30.5 Å². The quantitative estimate of drug-likeness (QED) is 0.760. The molecule has 0 unspecified atom stereocenters. The number of aromatic nitrogens is 4. The Bertz CT molecular complexity index is 902. The molecule has 8 heteroatoms. The number of benzene rings is 1. The molecule has 0 saturated heterocycles. The maximum absolute atomic E-state index is 13.8. The molecular formula is C16H15ClFN5O. The van der Waals surface area contributed by atoms with Gasteiger partial charge in [-0.15, -0.1) is 0 Å². The van der Waals surface area contributed by atoms with Crippen LogP contribution in [0.25, 0.3) is 0 Å². The second kappa shape index (κ2) is 6.45. The predicted molar refractivity (Wildman–Crippen MR) is 88.8 cm³/mol. The second-order valence-electron chi connectivity index (χ2n) is 5.34. The number of H-pyrrole nitrogens is 1. The molecule has 0 saturated carbocycles. The first-order valence-corrected chi connectivity index (χ1v) is 7.62. The Morgan fingerprint density at radius 1 is 1.38 bits per heavy atom. The van der Waals surface area contributed by atoms with Crippen molar-refractivity contribution in [3.63, 3.8) is 0 Å².